The van der Waals surface area contributed by atoms with Crippen molar-refractivity contribution in [3.8, 4) is 11.1 Å². The van der Waals surface area contributed by atoms with Crippen LogP contribution < -0.4 is 5.56 Å². The third-order valence-electron chi connectivity index (χ3n) is 3.84. The molecule has 0 unspecified atom stereocenters. The molecule has 0 amide bonds. The molecule has 0 atom stereocenters. The van der Waals surface area contributed by atoms with Crippen molar-refractivity contribution in [2.45, 2.75) is 27.3 Å². The molecule has 2 aromatic heterocycles. The van der Waals surface area contributed by atoms with Crippen molar-refractivity contribution in [2.75, 3.05) is 0 Å². The Kier molecular flexibility index (Phi) is 3.75. The number of hydrogen-bond acceptors (Lipinski definition) is 2. The van der Waals surface area contributed by atoms with Crippen LogP contribution in [0.5, 0.6) is 0 Å². The minimum absolute atomic E-state index is 0.0394. The van der Waals surface area contributed by atoms with Crippen LogP contribution in [0.25, 0.3) is 22.2 Å². The van der Waals surface area contributed by atoms with Gasteiger partial charge in [-0.2, -0.15) is 0 Å². The standard InChI is InChI=1S/C18H17ClN2O/c1-4-21-16(22)10-15(13-6-5-7-14(19)9-13)17-11(2)8-12(3)20-18(17)21/h5-10H,4H2,1-3H3. The minimum Gasteiger partial charge on any atom is -0.293 e. The molecule has 0 aliphatic rings. The lowest BCUT2D eigenvalue weighted by atomic mass is 9.99. The zero-order valence-corrected chi connectivity index (χ0v) is 13.6. The van der Waals surface area contributed by atoms with Gasteiger partial charge < -0.3 is 0 Å². The van der Waals surface area contributed by atoms with Gasteiger partial charge in [0, 0.05) is 28.7 Å². The third-order valence-corrected chi connectivity index (χ3v) is 4.07. The van der Waals surface area contributed by atoms with Crippen LogP contribution in [0.1, 0.15) is 18.2 Å². The lowest BCUT2D eigenvalue weighted by Gasteiger charge is -2.14. The second-order valence-corrected chi connectivity index (χ2v) is 5.87. The van der Waals surface area contributed by atoms with E-state index in [1.54, 1.807) is 10.6 Å². The van der Waals surface area contributed by atoms with Gasteiger partial charge in [-0.1, -0.05) is 23.7 Å². The Labute approximate surface area is 134 Å². The van der Waals surface area contributed by atoms with Crippen LogP contribution in [0.3, 0.4) is 0 Å². The first-order valence-electron chi connectivity index (χ1n) is 7.29. The number of halogens is 1. The highest BCUT2D eigenvalue weighted by Crippen LogP contribution is 2.30. The number of rotatable bonds is 2. The van der Waals surface area contributed by atoms with Crippen molar-refractivity contribution in [2.24, 2.45) is 0 Å². The second kappa shape index (κ2) is 5.58. The first-order valence-corrected chi connectivity index (χ1v) is 7.66. The molecule has 0 spiro atoms. The molecule has 0 aliphatic carbocycles. The van der Waals surface area contributed by atoms with E-state index in [4.69, 9.17) is 11.6 Å². The first-order chi connectivity index (χ1) is 10.5. The van der Waals surface area contributed by atoms with E-state index in [2.05, 4.69) is 11.9 Å². The highest BCUT2D eigenvalue weighted by Gasteiger charge is 2.14. The van der Waals surface area contributed by atoms with E-state index in [1.807, 2.05) is 44.2 Å². The molecule has 3 aromatic rings. The van der Waals surface area contributed by atoms with Crippen LogP contribution >= 0.6 is 11.6 Å². The number of fused-ring (bicyclic) bond motifs is 1. The average Bonchev–Trinajstić information content (AvgIpc) is 2.46. The van der Waals surface area contributed by atoms with E-state index < -0.39 is 0 Å². The van der Waals surface area contributed by atoms with Crippen LogP contribution in [0.2, 0.25) is 5.02 Å². The van der Waals surface area contributed by atoms with Crippen LogP contribution in [0.4, 0.5) is 0 Å². The van der Waals surface area contributed by atoms with E-state index in [0.29, 0.717) is 11.6 Å². The van der Waals surface area contributed by atoms with Gasteiger partial charge in [0.25, 0.3) is 5.56 Å². The van der Waals surface area contributed by atoms with Gasteiger partial charge in [-0.3, -0.25) is 9.36 Å². The summed E-state index contributed by atoms with van der Waals surface area (Å²) in [5.41, 5.74) is 4.54. The zero-order chi connectivity index (χ0) is 15.9. The Morgan fingerprint density at radius 3 is 2.64 bits per heavy atom. The highest BCUT2D eigenvalue weighted by molar-refractivity contribution is 6.30. The minimum atomic E-state index is -0.0394. The number of benzene rings is 1. The normalized spacial score (nSPS) is 11.1. The Balaban J connectivity index is 2.49. The van der Waals surface area contributed by atoms with Gasteiger partial charge in [-0.25, -0.2) is 4.98 Å². The maximum Gasteiger partial charge on any atom is 0.252 e. The van der Waals surface area contributed by atoms with Crippen molar-refractivity contribution in [3.05, 3.63) is 63.0 Å². The summed E-state index contributed by atoms with van der Waals surface area (Å²) in [6.45, 7) is 6.55. The summed E-state index contributed by atoms with van der Waals surface area (Å²) in [7, 11) is 0. The van der Waals surface area contributed by atoms with Crippen molar-refractivity contribution in [1.82, 2.24) is 9.55 Å². The fourth-order valence-electron chi connectivity index (χ4n) is 2.91. The molecule has 0 fully saturated rings. The lowest BCUT2D eigenvalue weighted by Crippen LogP contribution is -2.20. The molecule has 3 nitrogen and oxygen atoms in total. The molecule has 0 N–H and O–H groups in total. The Hall–Kier alpha value is -2.13. The molecule has 0 radical (unpaired) electrons. The largest absolute Gasteiger partial charge is 0.293 e. The molecule has 4 heteroatoms. The van der Waals surface area contributed by atoms with E-state index >= 15 is 0 Å². The fourth-order valence-corrected chi connectivity index (χ4v) is 3.10. The predicted octanol–water partition coefficient (Wildman–Crippen LogP) is 4.35. The smallest absolute Gasteiger partial charge is 0.252 e. The fraction of sp³-hybridized carbons (Fsp3) is 0.222. The zero-order valence-electron chi connectivity index (χ0n) is 12.9. The lowest BCUT2D eigenvalue weighted by molar-refractivity contribution is 0.748. The Morgan fingerprint density at radius 1 is 1.18 bits per heavy atom. The monoisotopic (exact) mass is 312 g/mol. The summed E-state index contributed by atoms with van der Waals surface area (Å²) in [4.78, 5) is 17.1. The Morgan fingerprint density at radius 2 is 1.95 bits per heavy atom. The molecule has 2 heterocycles. The topological polar surface area (TPSA) is 34.9 Å². The summed E-state index contributed by atoms with van der Waals surface area (Å²) in [6, 6.07) is 11.3. The second-order valence-electron chi connectivity index (χ2n) is 5.43. The number of nitrogens with zero attached hydrogens (tertiary/aromatic N) is 2. The molecule has 0 aliphatic heterocycles. The molecular formula is C18H17ClN2O. The number of hydrogen-bond donors (Lipinski definition) is 0. The quantitative estimate of drug-likeness (QED) is 0.705. The van der Waals surface area contributed by atoms with E-state index in [-0.39, 0.29) is 5.56 Å². The van der Waals surface area contributed by atoms with E-state index in [9.17, 15) is 4.79 Å². The van der Waals surface area contributed by atoms with Gasteiger partial charge in [0.15, 0.2) is 0 Å². The summed E-state index contributed by atoms with van der Waals surface area (Å²) in [5, 5.41) is 1.66. The maximum absolute atomic E-state index is 12.5. The molecule has 3 rings (SSSR count). The van der Waals surface area contributed by atoms with Gasteiger partial charge in [0.1, 0.15) is 5.65 Å². The number of aromatic nitrogens is 2. The average molecular weight is 313 g/mol. The van der Waals surface area contributed by atoms with Crippen LogP contribution in [0, 0.1) is 13.8 Å². The van der Waals surface area contributed by atoms with E-state index in [1.165, 1.54) is 0 Å². The van der Waals surface area contributed by atoms with Crippen LogP contribution in [-0.4, -0.2) is 9.55 Å². The number of pyridine rings is 2. The number of aryl methyl sites for hydroxylation is 3. The Bertz CT molecular complexity index is 928. The van der Waals surface area contributed by atoms with Crippen LogP contribution in [0.15, 0.2) is 41.2 Å². The van der Waals surface area contributed by atoms with Gasteiger partial charge in [-0.05, 0) is 55.7 Å². The van der Waals surface area contributed by atoms with Gasteiger partial charge in [-0.15, -0.1) is 0 Å². The van der Waals surface area contributed by atoms with E-state index in [0.717, 1.165) is 33.4 Å². The maximum atomic E-state index is 12.5. The molecule has 0 bridgehead atoms. The van der Waals surface area contributed by atoms with Crippen molar-refractivity contribution >= 4 is 22.6 Å². The molecular weight excluding hydrogens is 296 g/mol. The van der Waals surface area contributed by atoms with Gasteiger partial charge in [0.2, 0.25) is 0 Å². The van der Waals surface area contributed by atoms with Gasteiger partial charge >= 0.3 is 0 Å². The van der Waals surface area contributed by atoms with Crippen LogP contribution in [-0.2, 0) is 6.54 Å². The first kappa shape index (κ1) is 14.8. The highest BCUT2D eigenvalue weighted by atomic mass is 35.5. The summed E-state index contributed by atoms with van der Waals surface area (Å²) < 4.78 is 1.71. The molecule has 0 saturated carbocycles. The summed E-state index contributed by atoms with van der Waals surface area (Å²) in [5.74, 6) is 0. The SMILES string of the molecule is CCn1c(=O)cc(-c2cccc(Cl)c2)c2c(C)cc(C)nc21. The summed E-state index contributed by atoms with van der Waals surface area (Å²) in [6.07, 6.45) is 0. The van der Waals surface area contributed by atoms with Gasteiger partial charge in [0.05, 0.1) is 0 Å². The van der Waals surface area contributed by atoms with Crippen molar-refractivity contribution in [1.29, 1.82) is 0 Å². The van der Waals surface area contributed by atoms with Crippen molar-refractivity contribution < 1.29 is 0 Å². The third kappa shape index (κ3) is 2.42. The molecule has 22 heavy (non-hydrogen) atoms. The molecule has 1 aromatic carbocycles. The van der Waals surface area contributed by atoms with Crippen molar-refractivity contribution in [3.63, 3.8) is 0 Å². The summed E-state index contributed by atoms with van der Waals surface area (Å²) >= 11 is 6.11. The predicted molar refractivity (Wildman–Crippen MR) is 91.6 cm³/mol. The molecule has 112 valence electrons. The molecule has 0 saturated heterocycles.